The van der Waals surface area contributed by atoms with Gasteiger partial charge < -0.3 is 33.8 Å². The Morgan fingerprint density at radius 3 is 0.846 bits per heavy atom. The van der Waals surface area contributed by atoms with E-state index >= 15 is 0 Å². The van der Waals surface area contributed by atoms with Crippen LogP contribution in [0.4, 0.5) is 0 Å². The van der Waals surface area contributed by atoms with Gasteiger partial charge in [-0.1, -0.05) is 261 Å². The average molecular weight is 1490 g/mol. The van der Waals surface area contributed by atoms with Crippen LogP contribution in [0.25, 0.3) is 0 Å². The maximum absolute atomic E-state index is 13.1. The van der Waals surface area contributed by atoms with Crippen LogP contribution in [-0.4, -0.2) is 96.7 Å². The van der Waals surface area contributed by atoms with Crippen LogP contribution < -0.4 is 0 Å². The number of hydrogen-bond acceptors (Lipinski definition) is 15. The lowest BCUT2D eigenvalue weighted by atomic mass is 10.1. The van der Waals surface area contributed by atoms with Crippen molar-refractivity contribution >= 4 is 39.5 Å². The third-order valence-corrected chi connectivity index (χ3v) is 16.9. The zero-order valence-corrected chi connectivity index (χ0v) is 65.6. The van der Waals surface area contributed by atoms with Gasteiger partial charge in [0.15, 0.2) is 12.2 Å². The summed E-state index contributed by atoms with van der Waals surface area (Å²) in [6.45, 7) is 4.24. The molecule has 0 aromatic heterocycles. The van der Waals surface area contributed by atoms with Crippen LogP contribution in [-0.2, 0) is 65.4 Å². The summed E-state index contributed by atoms with van der Waals surface area (Å²) < 4.78 is 68.4. The summed E-state index contributed by atoms with van der Waals surface area (Å²) in [4.78, 5) is 72.9. The Hall–Kier alpha value is -6.10. The molecule has 0 rings (SSSR count). The largest absolute Gasteiger partial charge is 0.472 e. The van der Waals surface area contributed by atoms with E-state index in [1.807, 2.05) is 18.2 Å². The van der Waals surface area contributed by atoms with Gasteiger partial charge in [0.1, 0.15) is 19.3 Å². The summed E-state index contributed by atoms with van der Waals surface area (Å²) in [5.41, 5.74) is 0. The van der Waals surface area contributed by atoms with Crippen LogP contribution in [0.15, 0.2) is 194 Å². The van der Waals surface area contributed by atoms with E-state index < -0.39 is 97.5 Å². The number of aliphatic hydroxyl groups excluding tert-OH is 1. The standard InChI is InChI=1S/C85H134O17P2/c1-5-9-13-17-21-25-29-33-36-38-39-41-43-47-50-54-58-62-66-70-83(88)96-76-81(102-85(90)72-68-64-60-56-52-48-44-40-37-34-30-26-22-18-14-10-6-2)78-100-104(93,94)98-74-79(86)73-97-103(91,92)99-77-80(101-84(89)71-67-63-59-55-51-45-32-28-24-20-16-12-8-4)75-95-82(87)69-65-61-57-53-49-46-42-35-31-27-23-19-15-11-7-3/h9-11,13-16,20-23,25-28,32-37,39,41-42,44,47-50,53,58,62,79-81,86H,5-8,12,17-19,24,29-31,38,40,43,45-46,51-52,54-57,59-61,63-78H2,1-4H3,(H,91,92)(H,93,94)/b13-9-,14-10-,15-11-,20-16-,25-21-,26-22-,27-23-,32-28-,36-33-,37-34-,41-39-,42-35-,48-44-,50-47-,53-49-,62-58-. The molecule has 0 heterocycles. The Kier molecular flexibility index (Phi) is 70.7. The molecule has 0 aliphatic rings. The van der Waals surface area contributed by atoms with Crippen molar-refractivity contribution < 1.29 is 80.2 Å². The third kappa shape index (κ3) is 74.2. The van der Waals surface area contributed by atoms with Crippen LogP contribution in [0, 0.1) is 0 Å². The SMILES string of the molecule is CC/C=C\C/C=C\C/C=C\C/C=C\C/C=C\C/C=C\CCC(=O)OCC(COP(=O)(O)OCC(O)COP(=O)(O)OCC(COC(=O)CCCC/C=C\C/C=C\C/C=C\C/C=C\CC)OC(=O)CCCCCCC/C=C\C/C=C\CCC)OC(=O)CCCCCC/C=C\C/C=C\C/C=C\C/C=C\CC. The minimum atomic E-state index is -5.01. The highest BCUT2D eigenvalue weighted by Crippen LogP contribution is 2.45. The zero-order valence-electron chi connectivity index (χ0n) is 63.9. The number of hydrogen-bond donors (Lipinski definition) is 3. The molecule has 3 N–H and O–H groups in total. The predicted octanol–water partition coefficient (Wildman–Crippen LogP) is 22.5. The molecule has 17 nitrogen and oxygen atoms in total. The van der Waals surface area contributed by atoms with Crippen LogP contribution in [0.2, 0.25) is 0 Å². The quantitative estimate of drug-likeness (QED) is 0.0169. The van der Waals surface area contributed by atoms with Crippen molar-refractivity contribution in [3.63, 3.8) is 0 Å². The Balaban J connectivity index is 5.52. The van der Waals surface area contributed by atoms with Crippen molar-refractivity contribution in [3.8, 4) is 0 Å². The van der Waals surface area contributed by atoms with Gasteiger partial charge in [-0.05, 0) is 167 Å². The first kappa shape index (κ1) is 97.9. The van der Waals surface area contributed by atoms with E-state index in [0.717, 1.165) is 173 Å². The molecule has 586 valence electrons. The molecule has 19 heteroatoms. The number of allylic oxidation sites excluding steroid dienone is 32. The Labute approximate surface area is 627 Å². The molecule has 5 atom stereocenters. The number of esters is 4. The molecule has 104 heavy (non-hydrogen) atoms. The van der Waals surface area contributed by atoms with E-state index in [9.17, 15) is 43.2 Å². The summed E-state index contributed by atoms with van der Waals surface area (Å²) >= 11 is 0. The van der Waals surface area contributed by atoms with Gasteiger partial charge in [-0.3, -0.25) is 37.3 Å². The summed E-state index contributed by atoms with van der Waals surface area (Å²) in [6.07, 6.45) is 91.5. The van der Waals surface area contributed by atoms with E-state index in [2.05, 4.69) is 204 Å². The molecule has 0 saturated heterocycles. The van der Waals surface area contributed by atoms with Crippen molar-refractivity contribution in [2.75, 3.05) is 39.6 Å². The van der Waals surface area contributed by atoms with Gasteiger partial charge >= 0.3 is 39.5 Å². The fourth-order valence-corrected chi connectivity index (χ4v) is 10.8. The maximum Gasteiger partial charge on any atom is 0.472 e. The second-order valence-electron chi connectivity index (χ2n) is 24.8. The van der Waals surface area contributed by atoms with E-state index in [4.69, 9.17) is 37.0 Å². The average Bonchev–Trinajstić information content (AvgIpc) is 0.911. The number of unbranched alkanes of at least 4 members (excludes halogenated alkanes) is 12. The van der Waals surface area contributed by atoms with Crippen LogP contribution >= 0.6 is 15.6 Å². The van der Waals surface area contributed by atoms with Crippen molar-refractivity contribution in [2.45, 2.75) is 277 Å². The van der Waals surface area contributed by atoms with Gasteiger partial charge in [-0.15, -0.1) is 0 Å². The van der Waals surface area contributed by atoms with Gasteiger partial charge in [0.05, 0.1) is 26.4 Å². The van der Waals surface area contributed by atoms with Gasteiger partial charge in [0, 0.05) is 25.7 Å². The molecule has 0 spiro atoms. The molecule has 0 aromatic carbocycles. The molecule has 0 aliphatic carbocycles. The Morgan fingerprint density at radius 1 is 0.279 bits per heavy atom. The lowest BCUT2D eigenvalue weighted by molar-refractivity contribution is -0.161. The first-order chi connectivity index (χ1) is 50.7. The lowest BCUT2D eigenvalue weighted by Gasteiger charge is -2.21. The van der Waals surface area contributed by atoms with Crippen LogP contribution in [0.3, 0.4) is 0 Å². The summed E-state index contributed by atoms with van der Waals surface area (Å²) in [6, 6.07) is 0. The van der Waals surface area contributed by atoms with Gasteiger partial charge in [-0.2, -0.15) is 0 Å². The van der Waals surface area contributed by atoms with E-state index in [1.54, 1.807) is 0 Å². The van der Waals surface area contributed by atoms with Gasteiger partial charge in [0.25, 0.3) is 0 Å². The molecule has 0 radical (unpaired) electrons. The third-order valence-electron chi connectivity index (χ3n) is 15.0. The highest BCUT2D eigenvalue weighted by Gasteiger charge is 2.30. The summed E-state index contributed by atoms with van der Waals surface area (Å²) in [7, 11) is -10.0. The monoisotopic (exact) mass is 1490 g/mol. The van der Waals surface area contributed by atoms with Gasteiger partial charge in [-0.25, -0.2) is 9.13 Å². The molecule has 5 unspecified atom stereocenters. The van der Waals surface area contributed by atoms with Crippen LogP contribution in [0.1, 0.15) is 259 Å². The summed E-state index contributed by atoms with van der Waals surface area (Å²) in [5.74, 6) is -2.39. The number of phosphoric ester groups is 2. The number of ether oxygens (including phenoxy) is 4. The van der Waals surface area contributed by atoms with Crippen molar-refractivity contribution in [1.82, 2.24) is 0 Å². The highest BCUT2D eigenvalue weighted by atomic mass is 31.2. The number of carbonyl (C=O) groups is 4. The lowest BCUT2D eigenvalue weighted by Crippen LogP contribution is -2.30. The topological polar surface area (TPSA) is 237 Å². The van der Waals surface area contributed by atoms with E-state index in [-0.39, 0.29) is 25.7 Å². The van der Waals surface area contributed by atoms with Crippen LogP contribution in [0.5, 0.6) is 0 Å². The Morgan fingerprint density at radius 2 is 0.519 bits per heavy atom. The minimum Gasteiger partial charge on any atom is -0.462 e. The normalized spacial score (nSPS) is 15.0. The second-order valence-corrected chi connectivity index (χ2v) is 27.7. The fraction of sp³-hybridized carbons (Fsp3) is 0.576. The predicted molar refractivity (Wildman–Crippen MR) is 426 cm³/mol. The number of rotatable bonds is 70. The molecule has 0 aromatic rings. The van der Waals surface area contributed by atoms with E-state index in [1.165, 1.54) is 0 Å². The Bertz CT molecular complexity index is 2740. The first-order valence-electron chi connectivity index (χ1n) is 38.7. The molecule has 0 saturated carbocycles. The number of carbonyl (C=O) groups excluding carboxylic acids is 4. The van der Waals surface area contributed by atoms with Crippen molar-refractivity contribution in [3.05, 3.63) is 194 Å². The molecule has 0 bridgehead atoms. The van der Waals surface area contributed by atoms with E-state index in [0.29, 0.717) is 32.1 Å². The fourth-order valence-electron chi connectivity index (χ4n) is 9.26. The maximum atomic E-state index is 13.1. The molecule has 0 amide bonds. The first-order valence-corrected chi connectivity index (χ1v) is 41.7. The second kappa shape index (κ2) is 75.1. The summed E-state index contributed by atoms with van der Waals surface area (Å²) in [5, 5.41) is 10.6. The van der Waals surface area contributed by atoms with Crippen molar-refractivity contribution in [1.29, 1.82) is 0 Å². The molecule has 0 aliphatic heterocycles. The highest BCUT2D eigenvalue weighted by molar-refractivity contribution is 7.47. The number of aliphatic hydroxyl groups is 1. The smallest absolute Gasteiger partial charge is 0.462 e. The zero-order chi connectivity index (χ0) is 76.0. The molecule has 0 fully saturated rings. The number of phosphoric acid groups is 2. The molecular formula is C85H134O17P2. The van der Waals surface area contributed by atoms with Crippen molar-refractivity contribution in [2.24, 2.45) is 0 Å². The van der Waals surface area contributed by atoms with Gasteiger partial charge in [0.2, 0.25) is 0 Å². The minimum absolute atomic E-state index is 0.0214. The molecular weight excluding hydrogens is 1350 g/mol.